The molecule has 0 saturated heterocycles. The van der Waals surface area contributed by atoms with Gasteiger partial charge in [0.2, 0.25) is 0 Å². The van der Waals surface area contributed by atoms with E-state index >= 15 is 0 Å². The molecule has 2 unspecified atom stereocenters. The van der Waals surface area contributed by atoms with Crippen LogP contribution in [0.4, 0.5) is 5.69 Å². The standard InChI is InChI=1S/C16H25NO/c1-12(18-16(2,3)4)9-13-10-14-7-5-6-8-15(14)17-11-13/h5-8,12-13,17H,9-11H2,1-4H3. The van der Waals surface area contributed by atoms with Gasteiger partial charge in [-0.05, 0) is 58.1 Å². The fourth-order valence-corrected chi connectivity index (χ4v) is 2.80. The van der Waals surface area contributed by atoms with E-state index in [-0.39, 0.29) is 5.60 Å². The summed E-state index contributed by atoms with van der Waals surface area (Å²) in [4.78, 5) is 0. The maximum Gasteiger partial charge on any atom is 0.0602 e. The molecule has 18 heavy (non-hydrogen) atoms. The molecule has 0 radical (unpaired) electrons. The highest BCUT2D eigenvalue weighted by Gasteiger charge is 2.22. The monoisotopic (exact) mass is 247 g/mol. The van der Waals surface area contributed by atoms with Gasteiger partial charge in [-0.25, -0.2) is 0 Å². The fraction of sp³-hybridized carbons (Fsp3) is 0.625. The van der Waals surface area contributed by atoms with Crippen LogP contribution in [-0.2, 0) is 11.2 Å². The minimum Gasteiger partial charge on any atom is -0.385 e. The van der Waals surface area contributed by atoms with Gasteiger partial charge in [-0.15, -0.1) is 0 Å². The van der Waals surface area contributed by atoms with E-state index in [9.17, 15) is 0 Å². The van der Waals surface area contributed by atoms with Crippen molar-refractivity contribution < 1.29 is 4.74 Å². The zero-order valence-electron chi connectivity index (χ0n) is 12.0. The highest BCUT2D eigenvalue weighted by atomic mass is 16.5. The van der Waals surface area contributed by atoms with Crippen molar-refractivity contribution in [3.8, 4) is 0 Å². The Kier molecular flexibility index (Phi) is 3.96. The Bertz CT molecular complexity index is 394. The Hall–Kier alpha value is -1.02. The van der Waals surface area contributed by atoms with Crippen LogP contribution in [0, 0.1) is 5.92 Å². The minimum absolute atomic E-state index is 0.0422. The van der Waals surface area contributed by atoms with Crippen LogP contribution in [0.1, 0.15) is 39.7 Å². The lowest BCUT2D eigenvalue weighted by Gasteiger charge is -2.31. The number of para-hydroxylation sites is 1. The molecule has 1 aromatic carbocycles. The molecular weight excluding hydrogens is 222 g/mol. The van der Waals surface area contributed by atoms with Gasteiger partial charge >= 0.3 is 0 Å². The van der Waals surface area contributed by atoms with Crippen LogP contribution in [0.15, 0.2) is 24.3 Å². The van der Waals surface area contributed by atoms with Gasteiger partial charge in [0, 0.05) is 12.2 Å². The molecule has 1 heterocycles. The second-order valence-corrected chi connectivity index (χ2v) is 6.38. The van der Waals surface area contributed by atoms with Gasteiger partial charge in [0.15, 0.2) is 0 Å². The van der Waals surface area contributed by atoms with E-state index < -0.39 is 0 Å². The first-order valence-electron chi connectivity index (χ1n) is 6.93. The smallest absolute Gasteiger partial charge is 0.0602 e. The molecule has 2 atom stereocenters. The van der Waals surface area contributed by atoms with E-state index in [1.165, 1.54) is 17.7 Å². The molecule has 0 saturated carbocycles. The Morgan fingerprint density at radius 3 is 2.78 bits per heavy atom. The third-order valence-electron chi connectivity index (χ3n) is 3.33. The molecular formula is C16H25NO. The van der Waals surface area contributed by atoms with Gasteiger partial charge in [0.25, 0.3) is 0 Å². The van der Waals surface area contributed by atoms with Crippen LogP contribution < -0.4 is 5.32 Å². The molecule has 0 aliphatic carbocycles. The Labute approximate surface area is 111 Å². The van der Waals surface area contributed by atoms with Crippen molar-refractivity contribution in [3.63, 3.8) is 0 Å². The molecule has 2 heteroatoms. The first kappa shape index (κ1) is 13.4. The highest BCUT2D eigenvalue weighted by Crippen LogP contribution is 2.27. The third-order valence-corrected chi connectivity index (χ3v) is 3.33. The summed E-state index contributed by atoms with van der Waals surface area (Å²) in [7, 11) is 0. The second-order valence-electron chi connectivity index (χ2n) is 6.38. The lowest BCUT2D eigenvalue weighted by Crippen LogP contribution is -2.31. The molecule has 0 bridgehead atoms. The number of rotatable bonds is 3. The van der Waals surface area contributed by atoms with Crippen molar-refractivity contribution in [2.75, 3.05) is 11.9 Å². The number of nitrogens with one attached hydrogen (secondary N) is 1. The molecule has 1 N–H and O–H groups in total. The number of fused-ring (bicyclic) bond motifs is 1. The molecule has 2 nitrogen and oxygen atoms in total. The van der Waals surface area contributed by atoms with E-state index in [2.05, 4.69) is 57.3 Å². The van der Waals surface area contributed by atoms with Crippen molar-refractivity contribution >= 4 is 5.69 Å². The topological polar surface area (TPSA) is 21.3 Å². The lowest BCUT2D eigenvalue weighted by molar-refractivity contribution is -0.0595. The van der Waals surface area contributed by atoms with Crippen molar-refractivity contribution in [1.29, 1.82) is 0 Å². The predicted octanol–water partition coefficient (Wildman–Crippen LogP) is 3.86. The summed E-state index contributed by atoms with van der Waals surface area (Å²) in [5, 5.41) is 3.53. The number of hydrogen-bond acceptors (Lipinski definition) is 2. The van der Waals surface area contributed by atoms with Gasteiger partial charge in [0.1, 0.15) is 0 Å². The van der Waals surface area contributed by atoms with Crippen LogP contribution in [0.5, 0.6) is 0 Å². The predicted molar refractivity (Wildman–Crippen MR) is 77.0 cm³/mol. The summed E-state index contributed by atoms with van der Waals surface area (Å²) in [6.07, 6.45) is 2.61. The number of anilines is 1. The van der Waals surface area contributed by atoms with E-state index in [1.54, 1.807) is 0 Å². The van der Waals surface area contributed by atoms with E-state index in [1.807, 2.05) is 0 Å². The van der Waals surface area contributed by atoms with Gasteiger partial charge < -0.3 is 10.1 Å². The maximum absolute atomic E-state index is 6.00. The normalized spacial score (nSPS) is 21.0. The molecule has 1 aromatic rings. The zero-order chi connectivity index (χ0) is 13.2. The fourth-order valence-electron chi connectivity index (χ4n) is 2.80. The summed E-state index contributed by atoms with van der Waals surface area (Å²) < 4.78 is 6.00. The molecule has 0 fully saturated rings. The first-order valence-corrected chi connectivity index (χ1v) is 6.93. The molecule has 1 aliphatic heterocycles. The maximum atomic E-state index is 6.00. The summed E-state index contributed by atoms with van der Waals surface area (Å²) in [6.45, 7) is 9.62. The Morgan fingerprint density at radius 2 is 2.06 bits per heavy atom. The quantitative estimate of drug-likeness (QED) is 0.875. The second kappa shape index (κ2) is 5.31. The van der Waals surface area contributed by atoms with Crippen molar-refractivity contribution in [2.45, 2.75) is 52.2 Å². The number of benzene rings is 1. The first-order chi connectivity index (χ1) is 8.44. The molecule has 0 spiro atoms. The van der Waals surface area contributed by atoms with Crippen LogP contribution in [0.2, 0.25) is 0 Å². The average Bonchev–Trinajstić information content (AvgIpc) is 2.26. The average molecular weight is 247 g/mol. The van der Waals surface area contributed by atoms with Crippen LogP contribution in [0.25, 0.3) is 0 Å². The number of ether oxygens (including phenoxy) is 1. The lowest BCUT2D eigenvalue weighted by atomic mass is 9.90. The Morgan fingerprint density at radius 1 is 1.33 bits per heavy atom. The summed E-state index contributed by atoms with van der Waals surface area (Å²) in [6, 6.07) is 8.61. The summed E-state index contributed by atoms with van der Waals surface area (Å²) in [5.41, 5.74) is 2.70. The van der Waals surface area contributed by atoms with E-state index in [4.69, 9.17) is 4.74 Å². The molecule has 100 valence electrons. The SMILES string of the molecule is CC(CC1CNc2ccccc2C1)OC(C)(C)C. The third kappa shape index (κ3) is 3.74. The molecule has 0 aromatic heterocycles. The largest absolute Gasteiger partial charge is 0.385 e. The van der Waals surface area contributed by atoms with Gasteiger partial charge in [-0.2, -0.15) is 0 Å². The van der Waals surface area contributed by atoms with Crippen LogP contribution in [-0.4, -0.2) is 18.2 Å². The zero-order valence-corrected chi connectivity index (χ0v) is 12.0. The van der Waals surface area contributed by atoms with Crippen molar-refractivity contribution in [3.05, 3.63) is 29.8 Å². The van der Waals surface area contributed by atoms with E-state index in [0.29, 0.717) is 12.0 Å². The van der Waals surface area contributed by atoms with E-state index in [0.717, 1.165) is 13.0 Å². The number of hydrogen-bond donors (Lipinski definition) is 1. The molecule has 1 aliphatic rings. The van der Waals surface area contributed by atoms with Crippen LogP contribution >= 0.6 is 0 Å². The molecule has 2 rings (SSSR count). The summed E-state index contributed by atoms with van der Waals surface area (Å²) >= 11 is 0. The minimum atomic E-state index is -0.0422. The van der Waals surface area contributed by atoms with Crippen molar-refractivity contribution in [1.82, 2.24) is 0 Å². The van der Waals surface area contributed by atoms with Crippen LogP contribution in [0.3, 0.4) is 0 Å². The summed E-state index contributed by atoms with van der Waals surface area (Å²) in [5.74, 6) is 0.678. The van der Waals surface area contributed by atoms with Crippen molar-refractivity contribution in [2.24, 2.45) is 5.92 Å². The molecule has 0 amide bonds. The van der Waals surface area contributed by atoms with Gasteiger partial charge in [-0.3, -0.25) is 0 Å². The van der Waals surface area contributed by atoms with Gasteiger partial charge in [-0.1, -0.05) is 18.2 Å². The Balaban J connectivity index is 1.90. The highest BCUT2D eigenvalue weighted by molar-refractivity contribution is 5.53. The van der Waals surface area contributed by atoms with Gasteiger partial charge in [0.05, 0.1) is 11.7 Å².